The molecule has 4 heterocycles. The van der Waals surface area contributed by atoms with Gasteiger partial charge in [0.15, 0.2) is 0 Å². The van der Waals surface area contributed by atoms with Crippen LogP contribution in [-0.2, 0) is 9.47 Å². The molecule has 52 heavy (non-hydrogen) atoms. The quantitative estimate of drug-likeness (QED) is 0.208. The standard InChI is InChI=1S/C40H48N6O4S2/c1-39(2,3)49-37(47)45-17-19-51-35(45)33-41-21-29(43-33)24-9-7-23(8-10-24)27-15-16-28(32-26-13-11-25(12-14-26)31(27)32)30-22-42-34(44-30)36-46(18-20-52-36)38(48)50-40(4,5)6/h7-10,15-16,21-22,25-26,35-36H,11-14,17-20H2,1-6H3,(H,41,43)(H,42,44)/t25?,26?,35-,36?/m0/s1. The average Bonchev–Trinajstić information content (AvgIpc) is 3.93. The number of rotatable bonds is 5. The number of amides is 2. The first-order chi connectivity index (χ1) is 24.8. The van der Waals surface area contributed by atoms with E-state index in [-0.39, 0.29) is 22.9 Å². The number of carbonyl (C=O) groups excluding carboxylic acids is 2. The summed E-state index contributed by atoms with van der Waals surface area (Å²) in [6.45, 7) is 12.6. The van der Waals surface area contributed by atoms with Crippen molar-refractivity contribution in [2.75, 3.05) is 24.6 Å². The number of nitrogens with one attached hydrogen (secondary N) is 2. The zero-order valence-corrected chi connectivity index (χ0v) is 32.5. The topological polar surface area (TPSA) is 116 Å². The van der Waals surface area contributed by atoms with Crippen LogP contribution in [0.1, 0.15) is 113 Å². The van der Waals surface area contributed by atoms with Crippen LogP contribution in [0.2, 0.25) is 0 Å². The number of hydrogen-bond acceptors (Lipinski definition) is 8. The van der Waals surface area contributed by atoms with E-state index in [1.807, 2.05) is 53.9 Å². The highest BCUT2D eigenvalue weighted by Crippen LogP contribution is 2.55. The molecule has 3 aliphatic carbocycles. The maximum Gasteiger partial charge on any atom is 0.411 e. The van der Waals surface area contributed by atoms with Gasteiger partial charge in [-0.05, 0) is 107 Å². The largest absolute Gasteiger partial charge is 0.444 e. The summed E-state index contributed by atoms with van der Waals surface area (Å²) in [6.07, 6.45) is 8.08. The van der Waals surface area contributed by atoms with E-state index in [0.29, 0.717) is 24.9 Å². The molecule has 2 N–H and O–H groups in total. The molecule has 274 valence electrons. The molecule has 9 rings (SSSR count). The first-order valence-corrected chi connectivity index (χ1v) is 20.5. The molecule has 2 bridgehead atoms. The maximum atomic E-state index is 13.0. The molecule has 1 saturated carbocycles. The van der Waals surface area contributed by atoms with Crippen LogP contribution in [0.3, 0.4) is 0 Å². The van der Waals surface area contributed by atoms with E-state index in [2.05, 4.69) is 46.4 Å². The number of benzene rings is 2. The van der Waals surface area contributed by atoms with Crippen LogP contribution in [0.15, 0.2) is 48.8 Å². The Labute approximate surface area is 314 Å². The number of nitrogens with zero attached hydrogens (tertiary/aromatic N) is 4. The van der Waals surface area contributed by atoms with Gasteiger partial charge >= 0.3 is 12.2 Å². The molecule has 2 aromatic heterocycles. The molecule has 12 heteroatoms. The number of fused-ring (bicyclic) bond motifs is 2. The lowest BCUT2D eigenvalue weighted by Gasteiger charge is -2.41. The van der Waals surface area contributed by atoms with Gasteiger partial charge in [-0.2, -0.15) is 0 Å². The van der Waals surface area contributed by atoms with E-state index in [9.17, 15) is 9.59 Å². The van der Waals surface area contributed by atoms with Crippen molar-refractivity contribution in [3.8, 4) is 33.6 Å². The zero-order chi connectivity index (χ0) is 36.4. The molecule has 5 aliphatic rings. The van der Waals surface area contributed by atoms with Crippen LogP contribution in [0.25, 0.3) is 33.6 Å². The lowest BCUT2D eigenvalue weighted by molar-refractivity contribution is 0.0239. The minimum Gasteiger partial charge on any atom is -0.444 e. The van der Waals surface area contributed by atoms with Crippen molar-refractivity contribution in [1.82, 2.24) is 29.7 Å². The lowest BCUT2D eigenvalue weighted by Crippen LogP contribution is -2.36. The summed E-state index contributed by atoms with van der Waals surface area (Å²) >= 11 is 3.42. The molecule has 0 radical (unpaired) electrons. The second-order valence-electron chi connectivity index (χ2n) is 16.3. The number of thioether (sulfide) groups is 2. The SMILES string of the molecule is CC(C)(C)OC(=O)N1CCSC1c1ncc(-c2ccc(-c3ccc(-c4cnc([C@@H]5SCCN5C(=O)OC(C)(C)C)[nH]4)cc3)c3c2C2CCC3CC2)[nH]1. The Balaban J connectivity index is 1.05. The Bertz CT molecular complexity index is 1970. The Kier molecular flexibility index (Phi) is 9.13. The minimum absolute atomic E-state index is 0.194. The second-order valence-corrected chi connectivity index (χ2v) is 18.6. The molecule has 3 fully saturated rings. The number of H-pyrrole nitrogens is 2. The molecule has 2 aromatic carbocycles. The third-order valence-electron chi connectivity index (χ3n) is 10.3. The van der Waals surface area contributed by atoms with Gasteiger partial charge in [-0.1, -0.05) is 36.4 Å². The Morgan fingerprint density at radius 3 is 1.62 bits per heavy atom. The summed E-state index contributed by atoms with van der Waals surface area (Å²) < 4.78 is 11.4. The summed E-state index contributed by atoms with van der Waals surface area (Å²) in [7, 11) is 0. The van der Waals surface area contributed by atoms with Crippen molar-refractivity contribution >= 4 is 35.7 Å². The average molecular weight is 741 g/mol. The van der Waals surface area contributed by atoms with Crippen LogP contribution in [0, 0.1) is 0 Å². The van der Waals surface area contributed by atoms with Crippen LogP contribution in [0.5, 0.6) is 0 Å². The zero-order valence-electron chi connectivity index (χ0n) is 30.8. The first kappa shape index (κ1) is 35.1. The van der Waals surface area contributed by atoms with Crippen molar-refractivity contribution in [2.45, 2.75) is 101 Å². The summed E-state index contributed by atoms with van der Waals surface area (Å²) in [4.78, 5) is 46.1. The fraction of sp³-hybridized carbons (Fsp3) is 0.500. The van der Waals surface area contributed by atoms with E-state index < -0.39 is 11.2 Å². The third-order valence-corrected chi connectivity index (χ3v) is 12.7. The molecule has 2 amide bonds. The smallest absolute Gasteiger partial charge is 0.411 e. The molecule has 1 unspecified atom stereocenters. The van der Waals surface area contributed by atoms with Crippen molar-refractivity contribution in [3.05, 3.63) is 71.6 Å². The summed E-state index contributed by atoms with van der Waals surface area (Å²) in [6, 6.07) is 13.3. The van der Waals surface area contributed by atoms with Gasteiger partial charge in [0.25, 0.3) is 0 Å². The highest BCUT2D eigenvalue weighted by molar-refractivity contribution is 8.00. The van der Waals surface area contributed by atoms with Crippen molar-refractivity contribution < 1.29 is 19.1 Å². The van der Waals surface area contributed by atoms with Gasteiger partial charge in [-0.15, -0.1) is 23.5 Å². The van der Waals surface area contributed by atoms with Crippen LogP contribution in [0.4, 0.5) is 9.59 Å². The van der Waals surface area contributed by atoms with Gasteiger partial charge in [-0.25, -0.2) is 19.6 Å². The summed E-state index contributed by atoms with van der Waals surface area (Å²) in [5.41, 5.74) is 8.59. The predicted octanol–water partition coefficient (Wildman–Crippen LogP) is 9.85. The van der Waals surface area contributed by atoms with Gasteiger partial charge in [0.1, 0.15) is 33.6 Å². The highest BCUT2D eigenvalue weighted by atomic mass is 32.2. The molecule has 2 saturated heterocycles. The van der Waals surface area contributed by atoms with Crippen molar-refractivity contribution in [2.24, 2.45) is 0 Å². The molecule has 2 atom stereocenters. The van der Waals surface area contributed by atoms with Gasteiger partial charge in [-0.3, -0.25) is 9.80 Å². The Morgan fingerprint density at radius 2 is 1.10 bits per heavy atom. The number of imidazole rings is 2. The first-order valence-electron chi connectivity index (χ1n) is 18.4. The van der Waals surface area contributed by atoms with Gasteiger partial charge in [0, 0.05) is 30.2 Å². The van der Waals surface area contributed by atoms with E-state index in [0.717, 1.165) is 40.1 Å². The van der Waals surface area contributed by atoms with E-state index in [4.69, 9.17) is 19.4 Å². The van der Waals surface area contributed by atoms with Crippen molar-refractivity contribution in [1.29, 1.82) is 0 Å². The van der Waals surface area contributed by atoms with Gasteiger partial charge in [0.2, 0.25) is 0 Å². The Morgan fingerprint density at radius 1 is 0.654 bits per heavy atom. The molecule has 4 aromatic rings. The fourth-order valence-electron chi connectivity index (χ4n) is 8.12. The van der Waals surface area contributed by atoms with E-state index in [1.54, 1.807) is 33.3 Å². The molecule has 2 aliphatic heterocycles. The number of carbonyl (C=O) groups is 2. The normalized spacial score (nSPS) is 22.9. The highest BCUT2D eigenvalue weighted by Gasteiger charge is 2.39. The Hall–Kier alpha value is -3.90. The second kappa shape index (κ2) is 13.5. The third kappa shape index (κ3) is 6.84. The predicted molar refractivity (Wildman–Crippen MR) is 207 cm³/mol. The number of hydrogen-bond donors (Lipinski definition) is 2. The van der Waals surface area contributed by atoms with E-state index >= 15 is 0 Å². The monoisotopic (exact) mass is 740 g/mol. The van der Waals surface area contributed by atoms with Crippen LogP contribution >= 0.6 is 23.5 Å². The number of aromatic nitrogens is 4. The molecular weight excluding hydrogens is 693 g/mol. The molecule has 10 nitrogen and oxygen atoms in total. The lowest BCUT2D eigenvalue weighted by atomic mass is 9.64. The molecular formula is C40H48N6O4S2. The van der Waals surface area contributed by atoms with Crippen molar-refractivity contribution in [3.63, 3.8) is 0 Å². The van der Waals surface area contributed by atoms with Crippen LogP contribution < -0.4 is 0 Å². The minimum atomic E-state index is -0.548. The fourth-order valence-corrected chi connectivity index (χ4v) is 10.5. The summed E-state index contributed by atoms with van der Waals surface area (Å²) in [5, 5.41) is -0.393. The summed E-state index contributed by atoms with van der Waals surface area (Å²) in [5.74, 6) is 4.31. The maximum absolute atomic E-state index is 13.0. The number of ether oxygens (including phenoxy) is 2. The van der Waals surface area contributed by atoms with Gasteiger partial charge in [0.05, 0.1) is 23.8 Å². The number of aromatic amines is 2. The molecule has 0 spiro atoms. The van der Waals surface area contributed by atoms with Crippen LogP contribution in [-0.4, -0.2) is 77.7 Å². The van der Waals surface area contributed by atoms with E-state index in [1.165, 1.54) is 53.5 Å². The van der Waals surface area contributed by atoms with Gasteiger partial charge < -0.3 is 19.4 Å².